The Morgan fingerprint density at radius 2 is 1.64 bits per heavy atom. The number of alkyl halides is 3. The summed E-state index contributed by atoms with van der Waals surface area (Å²) in [6, 6.07) is 11.1. The first-order chi connectivity index (χ1) is 20.6. The molecular formula is C36H45F4NO2Si. The Hall–Kier alpha value is -2.55. The van der Waals surface area contributed by atoms with E-state index in [1.54, 1.807) is 12.1 Å². The number of aromatic nitrogens is 1. The molecule has 3 nitrogen and oxygen atoms in total. The fraction of sp³-hybridized carbons (Fsp3) is 0.528. The quantitative estimate of drug-likeness (QED) is 0.200. The van der Waals surface area contributed by atoms with E-state index < -0.39 is 26.2 Å². The number of fused-ring (bicyclic) bond motifs is 1. The number of pyridine rings is 1. The van der Waals surface area contributed by atoms with Crippen molar-refractivity contribution in [1.29, 1.82) is 0 Å². The van der Waals surface area contributed by atoms with Gasteiger partial charge in [0.25, 0.3) is 0 Å². The predicted octanol–water partition coefficient (Wildman–Crippen LogP) is 10.7. The van der Waals surface area contributed by atoms with Crippen molar-refractivity contribution in [2.75, 3.05) is 0 Å². The van der Waals surface area contributed by atoms with Crippen LogP contribution in [0.5, 0.6) is 0 Å². The molecule has 3 atom stereocenters. The van der Waals surface area contributed by atoms with Gasteiger partial charge in [0.05, 0.1) is 17.4 Å². The van der Waals surface area contributed by atoms with E-state index in [9.17, 15) is 22.7 Å². The Morgan fingerprint density at radius 3 is 2.20 bits per heavy atom. The van der Waals surface area contributed by atoms with Gasteiger partial charge in [-0.2, -0.15) is 13.2 Å². The van der Waals surface area contributed by atoms with Crippen LogP contribution in [0.15, 0.2) is 48.5 Å². The summed E-state index contributed by atoms with van der Waals surface area (Å²) in [7, 11) is -2.19. The van der Waals surface area contributed by atoms with Crippen LogP contribution >= 0.6 is 0 Å². The Balaban J connectivity index is 1.80. The van der Waals surface area contributed by atoms with Gasteiger partial charge in [-0.1, -0.05) is 71.2 Å². The number of aliphatic hydroxyl groups is 1. The molecule has 8 heteroatoms. The normalized spacial score (nSPS) is 20.4. The zero-order chi connectivity index (χ0) is 32.0. The molecule has 0 bridgehead atoms. The number of nitrogens with zero attached hydrogens (tertiary/aromatic N) is 1. The van der Waals surface area contributed by atoms with Gasteiger partial charge >= 0.3 is 6.18 Å². The van der Waals surface area contributed by atoms with E-state index in [4.69, 9.17) is 9.41 Å². The van der Waals surface area contributed by atoms with Crippen molar-refractivity contribution in [1.82, 2.24) is 4.98 Å². The minimum atomic E-state index is -4.48. The van der Waals surface area contributed by atoms with Crippen LogP contribution in [0.1, 0.15) is 118 Å². The highest BCUT2D eigenvalue weighted by atomic mass is 28.4. The average Bonchev–Trinajstić information content (AvgIpc) is 3.50. The van der Waals surface area contributed by atoms with Crippen LogP contribution in [0, 0.1) is 11.2 Å². The lowest BCUT2D eigenvalue weighted by molar-refractivity contribution is -0.137. The maximum atomic E-state index is 14.3. The largest absolute Gasteiger partial charge is 0.416 e. The van der Waals surface area contributed by atoms with Crippen molar-refractivity contribution >= 4 is 8.32 Å². The smallest absolute Gasteiger partial charge is 0.410 e. The van der Waals surface area contributed by atoms with Crippen LogP contribution in [0.25, 0.3) is 11.1 Å². The van der Waals surface area contributed by atoms with Crippen LogP contribution in [0.2, 0.25) is 18.6 Å². The van der Waals surface area contributed by atoms with Gasteiger partial charge in [0.2, 0.25) is 0 Å². The first-order valence-corrected chi connectivity index (χ1v) is 19.0. The summed E-state index contributed by atoms with van der Waals surface area (Å²) in [5, 5.41) is 12.1. The van der Waals surface area contributed by atoms with Gasteiger partial charge in [-0.25, -0.2) is 4.39 Å². The molecule has 3 aromatic rings. The molecule has 5 rings (SSSR count). The minimum absolute atomic E-state index is 0.0782. The molecule has 0 spiro atoms. The molecule has 0 saturated heterocycles. The van der Waals surface area contributed by atoms with Crippen molar-refractivity contribution in [3.8, 4) is 11.1 Å². The lowest BCUT2D eigenvalue weighted by Crippen LogP contribution is -2.40. The Morgan fingerprint density at radius 1 is 1.02 bits per heavy atom. The fourth-order valence-corrected chi connectivity index (χ4v) is 9.26. The summed E-state index contributed by atoms with van der Waals surface area (Å²) in [5.74, 6) is -0.245. The predicted molar refractivity (Wildman–Crippen MR) is 169 cm³/mol. The maximum Gasteiger partial charge on any atom is 0.416 e. The van der Waals surface area contributed by atoms with Gasteiger partial charge in [0.15, 0.2) is 8.32 Å². The molecule has 2 aliphatic rings. The molecule has 1 heterocycles. The second-order valence-electron chi connectivity index (χ2n) is 14.2. The second-order valence-corrected chi connectivity index (χ2v) is 18.6. The highest BCUT2D eigenvalue weighted by Gasteiger charge is 2.43. The summed E-state index contributed by atoms with van der Waals surface area (Å²) in [6.07, 6.45) is 0.484. The number of halogens is 4. The summed E-state index contributed by atoms with van der Waals surface area (Å²) in [5.41, 5.74) is 4.78. The number of benzene rings is 2. The minimum Gasteiger partial charge on any atom is -0.410 e. The monoisotopic (exact) mass is 627 g/mol. The number of hydrogen-bond donors (Lipinski definition) is 1. The van der Waals surface area contributed by atoms with E-state index in [0.29, 0.717) is 16.7 Å². The molecule has 1 fully saturated rings. The zero-order valence-corrected chi connectivity index (χ0v) is 27.7. The summed E-state index contributed by atoms with van der Waals surface area (Å²) >= 11 is 0. The van der Waals surface area contributed by atoms with Gasteiger partial charge in [0.1, 0.15) is 11.9 Å². The Labute approximate surface area is 260 Å². The van der Waals surface area contributed by atoms with E-state index >= 15 is 0 Å². The highest BCUT2D eigenvalue weighted by molar-refractivity contribution is 6.72. The van der Waals surface area contributed by atoms with E-state index in [2.05, 4.69) is 40.8 Å². The van der Waals surface area contributed by atoms with Gasteiger partial charge < -0.3 is 9.53 Å². The van der Waals surface area contributed by atoms with Gasteiger partial charge in [0, 0.05) is 22.7 Å². The molecular weight excluding hydrogens is 582 g/mol. The van der Waals surface area contributed by atoms with Crippen molar-refractivity contribution in [2.45, 2.75) is 116 Å². The summed E-state index contributed by atoms with van der Waals surface area (Å²) in [6.45, 7) is 13.4. The van der Waals surface area contributed by atoms with E-state index in [1.807, 2.05) is 0 Å². The van der Waals surface area contributed by atoms with Crippen LogP contribution < -0.4 is 0 Å². The lowest BCUT2D eigenvalue weighted by atomic mass is 9.71. The molecule has 1 aromatic heterocycles. The number of hydrogen-bond acceptors (Lipinski definition) is 3. The molecule has 44 heavy (non-hydrogen) atoms. The van der Waals surface area contributed by atoms with E-state index in [-0.39, 0.29) is 23.3 Å². The average molecular weight is 628 g/mol. The first kappa shape index (κ1) is 32.8. The van der Waals surface area contributed by atoms with Gasteiger partial charge in [-0.3, -0.25) is 4.98 Å². The molecule has 2 aromatic carbocycles. The molecule has 1 saturated carbocycles. The van der Waals surface area contributed by atoms with Crippen molar-refractivity contribution < 1.29 is 27.1 Å². The second kappa shape index (κ2) is 12.3. The lowest BCUT2D eigenvalue weighted by Gasteiger charge is -2.43. The van der Waals surface area contributed by atoms with Crippen LogP contribution in [-0.4, -0.2) is 18.4 Å². The summed E-state index contributed by atoms with van der Waals surface area (Å²) < 4.78 is 61.7. The Kier molecular flexibility index (Phi) is 9.20. The van der Waals surface area contributed by atoms with E-state index in [1.165, 1.54) is 24.3 Å². The maximum absolute atomic E-state index is 14.3. The van der Waals surface area contributed by atoms with Crippen molar-refractivity contribution in [3.63, 3.8) is 0 Å². The van der Waals surface area contributed by atoms with Crippen LogP contribution in [0.3, 0.4) is 0 Å². The molecule has 1 N–H and O–H groups in total. The summed E-state index contributed by atoms with van der Waals surface area (Å²) in [4.78, 5) is 5.36. The Bertz CT molecular complexity index is 1460. The molecule has 0 radical (unpaired) electrons. The molecule has 3 unspecified atom stereocenters. The molecule has 0 aliphatic heterocycles. The standard InChI is InChI=1S/C36H45F4NO2Si/c1-7-22(2)44(5,6)43-29-21-35(3,4)20-28-31(29)30(23-14-18-27(37)19-15-23)32(33(41-28)24-10-8-9-11-24)34(42)25-12-16-26(17-13-25)36(38,39)40/h12-19,22,24,29,34,42H,7-11,20-21H2,1-6H3. The highest BCUT2D eigenvalue weighted by Crippen LogP contribution is 2.52. The van der Waals surface area contributed by atoms with E-state index in [0.717, 1.165) is 85.2 Å². The van der Waals surface area contributed by atoms with Crippen LogP contribution in [0.4, 0.5) is 17.6 Å². The third-order valence-corrected chi connectivity index (χ3v) is 13.7. The van der Waals surface area contributed by atoms with Crippen molar-refractivity contribution in [2.24, 2.45) is 5.41 Å². The number of aliphatic hydroxyl groups excluding tert-OH is 1. The van der Waals surface area contributed by atoms with Gasteiger partial charge in [-0.05, 0) is 90.7 Å². The fourth-order valence-electron chi connectivity index (χ4n) is 7.11. The molecule has 2 aliphatic carbocycles. The topological polar surface area (TPSA) is 42.4 Å². The zero-order valence-electron chi connectivity index (χ0n) is 26.7. The third kappa shape index (κ3) is 6.68. The molecule has 238 valence electrons. The number of rotatable bonds is 8. The first-order valence-electron chi connectivity index (χ1n) is 16.0. The van der Waals surface area contributed by atoms with Gasteiger partial charge in [-0.15, -0.1) is 0 Å². The SMILES string of the molecule is CCC(C)[Si](C)(C)OC1CC(C)(C)Cc2nc(C3CCCC3)c(C(O)c3ccc(C(F)(F)F)cc3)c(-c3ccc(F)cc3)c21. The van der Waals surface area contributed by atoms with Crippen LogP contribution in [-0.2, 0) is 17.0 Å². The van der Waals surface area contributed by atoms with Crippen molar-refractivity contribution in [3.05, 3.63) is 88.0 Å². The molecule has 0 amide bonds. The third-order valence-electron chi connectivity index (χ3n) is 10.0.